The summed E-state index contributed by atoms with van der Waals surface area (Å²) in [5.74, 6) is -1.00. The Labute approximate surface area is 101 Å². The Morgan fingerprint density at radius 1 is 1.60 bits per heavy atom. The Morgan fingerprint density at radius 2 is 2.27 bits per heavy atom. The van der Waals surface area contributed by atoms with E-state index in [-0.39, 0.29) is 12.1 Å². The molecule has 0 saturated heterocycles. The number of hydrogen-bond donors (Lipinski definition) is 2. The van der Waals surface area contributed by atoms with E-state index in [4.69, 9.17) is 16.7 Å². The first-order valence-electron chi connectivity index (χ1n) is 4.10. The third kappa shape index (κ3) is 3.57. The molecule has 0 fully saturated rings. The molecule has 0 bridgehead atoms. The van der Waals surface area contributed by atoms with Gasteiger partial charge in [0, 0.05) is 22.3 Å². The number of carbonyl (C=O) groups is 1. The highest BCUT2D eigenvalue weighted by Crippen LogP contribution is 2.25. The van der Waals surface area contributed by atoms with Crippen LogP contribution in [0.2, 0.25) is 5.02 Å². The van der Waals surface area contributed by atoms with Gasteiger partial charge in [0.2, 0.25) is 0 Å². The molecule has 0 spiro atoms. The maximum absolute atomic E-state index is 10.5. The van der Waals surface area contributed by atoms with Crippen LogP contribution >= 0.6 is 27.5 Å². The Morgan fingerprint density at radius 3 is 2.80 bits per heavy atom. The van der Waals surface area contributed by atoms with Gasteiger partial charge in [0.1, 0.15) is 0 Å². The van der Waals surface area contributed by atoms with E-state index < -0.39 is 5.97 Å². The molecule has 0 unspecified atom stereocenters. The van der Waals surface area contributed by atoms with Crippen LogP contribution in [0.15, 0.2) is 34.8 Å². The maximum atomic E-state index is 10.5. The fourth-order valence-electron chi connectivity index (χ4n) is 0.890. The SMILES string of the molecule is C=C(CNc1ccc(Cl)c(Br)c1)C(=O)O. The van der Waals surface area contributed by atoms with Crippen molar-refractivity contribution in [3.8, 4) is 0 Å². The number of hydrogen-bond acceptors (Lipinski definition) is 2. The van der Waals surface area contributed by atoms with E-state index in [9.17, 15) is 4.79 Å². The average molecular weight is 291 g/mol. The molecule has 0 aliphatic heterocycles. The molecule has 80 valence electrons. The molecule has 0 radical (unpaired) electrons. The van der Waals surface area contributed by atoms with Crippen LogP contribution in [-0.4, -0.2) is 17.6 Å². The minimum Gasteiger partial charge on any atom is -0.478 e. The second-order valence-electron chi connectivity index (χ2n) is 2.89. The molecule has 1 aromatic carbocycles. The van der Waals surface area contributed by atoms with Crippen molar-refractivity contribution >= 4 is 39.2 Å². The molecule has 1 aromatic rings. The monoisotopic (exact) mass is 289 g/mol. The molecular weight excluding hydrogens is 281 g/mol. The van der Waals surface area contributed by atoms with Crippen molar-refractivity contribution in [2.75, 3.05) is 11.9 Å². The van der Waals surface area contributed by atoms with Crippen LogP contribution in [0.1, 0.15) is 0 Å². The van der Waals surface area contributed by atoms with Crippen molar-refractivity contribution in [1.82, 2.24) is 0 Å². The summed E-state index contributed by atoms with van der Waals surface area (Å²) in [6, 6.07) is 5.26. The molecule has 1 rings (SSSR count). The molecule has 15 heavy (non-hydrogen) atoms. The summed E-state index contributed by atoms with van der Waals surface area (Å²) < 4.78 is 0.759. The molecule has 2 N–H and O–H groups in total. The first-order valence-corrected chi connectivity index (χ1v) is 5.28. The summed E-state index contributed by atoms with van der Waals surface area (Å²) in [6.45, 7) is 3.61. The average Bonchev–Trinajstić information content (AvgIpc) is 2.19. The second-order valence-corrected chi connectivity index (χ2v) is 4.15. The lowest BCUT2D eigenvalue weighted by Crippen LogP contribution is -2.11. The minimum atomic E-state index is -1.00. The Bertz CT molecular complexity index is 406. The van der Waals surface area contributed by atoms with E-state index in [0.29, 0.717) is 5.02 Å². The number of carboxylic acids is 1. The largest absolute Gasteiger partial charge is 0.478 e. The Hall–Kier alpha value is -1.00. The molecule has 0 aromatic heterocycles. The smallest absolute Gasteiger partial charge is 0.332 e. The standard InChI is InChI=1S/C10H9BrClNO2/c1-6(10(14)15)5-13-7-2-3-9(12)8(11)4-7/h2-4,13H,1,5H2,(H,14,15). The van der Waals surface area contributed by atoms with Gasteiger partial charge in [-0.2, -0.15) is 0 Å². The summed E-state index contributed by atoms with van der Waals surface area (Å²) in [5, 5.41) is 12.1. The fourth-order valence-corrected chi connectivity index (χ4v) is 1.39. The molecule has 0 aliphatic rings. The number of halogens is 2. The van der Waals surface area contributed by atoms with E-state index in [2.05, 4.69) is 27.8 Å². The van der Waals surface area contributed by atoms with E-state index in [0.717, 1.165) is 10.2 Å². The zero-order valence-electron chi connectivity index (χ0n) is 7.76. The van der Waals surface area contributed by atoms with Crippen molar-refractivity contribution in [3.05, 3.63) is 39.8 Å². The molecule has 0 saturated carbocycles. The minimum absolute atomic E-state index is 0.112. The summed E-state index contributed by atoms with van der Waals surface area (Å²) in [7, 11) is 0. The maximum Gasteiger partial charge on any atom is 0.332 e. The van der Waals surface area contributed by atoms with Crippen LogP contribution in [0, 0.1) is 0 Å². The first-order chi connectivity index (χ1) is 7.00. The van der Waals surface area contributed by atoms with Crippen LogP contribution in [-0.2, 0) is 4.79 Å². The molecular formula is C10H9BrClNO2. The highest BCUT2D eigenvalue weighted by molar-refractivity contribution is 9.10. The van der Waals surface area contributed by atoms with Crippen molar-refractivity contribution in [1.29, 1.82) is 0 Å². The van der Waals surface area contributed by atoms with Crippen molar-refractivity contribution < 1.29 is 9.90 Å². The zero-order valence-corrected chi connectivity index (χ0v) is 10.1. The third-order valence-electron chi connectivity index (χ3n) is 1.73. The molecule has 0 atom stereocenters. The normalized spacial score (nSPS) is 9.73. The molecule has 0 heterocycles. The summed E-state index contributed by atoms with van der Waals surface area (Å²) >= 11 is 9.08. The third-order valence-corrected chi connectivity index (χ3v) is 2.94. The number of nitrogens with one attached hydrogen (secondary N) is 1. The summed E-state index contributed by atoms with van der Waals surface area (Å²) in [6.07, 6.45) is 0. The van der Waals surface area contributed by atoms with E-state index >= 15 is 0 Å². The van der Waals surface area contributed by atoms with Crippen LogP contribution in [0.3, 0.4) is 0 Å². The van der Waals surface area contributed by atoms with E-state index in [1.807, 2.05) is 0 Å². The van der Waals surface area contributed by atoms with Gasteiger partial charge in [0.15, 0.2) is 0 Å². The van der Waals surface area contributed by atoms with Gasteiger partial charge in [-0.25, -0.2) is 4.79 Å². The van der Waals surface area contributed by atoms with Crippen molar-refractivity contribution in [3.63, 3.8) is 0 Å². The lowest BCUT2D eigenvalue weighted by molar-refractivity contribution is -0.132. The Kier molecular flexibility index (Phi) is 4.17. The predicted molar refractivity (Wildman–Crippen MR) is 64.4 cm³/mol. The van der Waals surface area contributed by atoms with Gasteiger partial charge in [0.05, 0.1) is 5.02 Å². The summed E-state index contributed by atoms with van der Waals surface area (Å²) in [5.41, 5.74) is 0.898. The van der Waals surface area contributed by atoms with Crippen LogP contribution in [0.4, 0.5) is 5.69 Å². The van der Waals surface area contributed by atoms with Crippen LogP contribution in [0.5, 0.6) is 0 Å². The highest BCUT2D eigenvalue weighted by atomic mass is 79.9. The predicted octanol–water partition coefficient (Wildman–Crippen LogP) is 3.16. The number of rotatable bonds is 4. The number of carboxylic acid groups (broad SMARTS) is 1. The van der Waals surface area contributed by atoms with Gasteiger partial charge < -0.3 is 10.4 Å². The van der Waals surface area contributed by atoms with Gasteiger partial charge >= 0.3 is 5.97 Å². The number of anilines is 1. The quantitative estimate of drug-likeness (QED) is 0.838. The van der Waals surface area contributed by atoms with E-state index in [1.165, 1.54) is 0 Å². The van der Waals surface area contributed by atoms with Gasteiger partial charge in [-0.15, -0.1) is 0 Å². The highest BCUT2D eigenvalue weighted by Gasteiger charge is 2.04. The number of aliphatic carboxylic acids is 1. The Balaban J connectivity index is 2.62. The van der Waals surface area contributed by atoms with Gasteiger partial charge in [0.25, 0.3) is 0 Å². The molecule has 0 amide bonds. The van der Waals surface area contributed by atoms with Crippen molar-refractivity contribution in [2.24, 2.45) is 0 Å². The summed E-state index contributed by atoms with van der Waals surface area (Å²) in [4.78, 5) is 10.5. The van der Waals surface area contributed by atoms with Crippen LogP contribution < -0.4 is 5.32 Å². The van der Waals surface area contributed by atoms with Gasteiger partial charge in [-0.3, -0.25) is 0 Å². The molecule has 0 aliphatic carbocycles. The van der Waals surface area contributed by atoms with Gasteiger partial charge in [-0.1, -0.05) is 18.2 Å². The van der Waals surface area contributed by atoms with E-state index in [1.54, 1.807) is 18.2 Å². The topological polar surface area (TPSA) is 49.3 Å². The first kappa shape index (κ1) is 12.1. The second kappa shape index (κ2) is 5.19. The lowest BCUT2D eigenvalue weighted by atomic mass is 10.2. The van der Waals surface area contributed by atoms with Gasteiger partial charge in [-0.05, 0) is 34.1 Å². The number of benzene rings is 1. The lowest BCUT2D eigenvalue weighted by Gasteiger charge is -2.06. The zero-order chi connectivity index (χ0) is 11.4. The molecule has 3 nitrogen and oxygen atoms in total. The fraction of sp³-hybridized carbons (Fsp3) is 0.100. The van der Waals surface area contributed by atoms with Crippen LogP contribution in [0.25, 0.3) is 0 Å². The van der Waals surface area contributed by atoms with Crippen molar-refractivity contribution in [2.45, 2.75) is 0 Å². The molecule has 5 heteroatoms.